The SMILES string of the molecule is CCC(c1ccccc1)C1CCCN1C(=O)C1CCCC(N)C1. The second kappa shape index (κ2) is 7.48. The van der Waals surface area contributed by atoms with Gasteiger partial charge in [-0.3, -0.25) is 4.79 Å². The van der Waals surface area contributed by atoms with Crippen molar-refractivity contribution in [2.75, 3.05) is 6.54 Å². The van der Waals surface area contributed by atoms with Crippen LogP contribution in [0.5, 0.6) is 0 Å². The van der Waals surface area contributed by atoms with Gasteiger partial charge in [-0.1, -0.05) is 43.7 Å². The number of carbonyl (C=O) groups excluding carboxylic acids is 1. The Balaban J connectivity index is 1.75. The molecular weight excluding hydrogens is 284 g/mol. The number of hydrogen-bond donors (Lipinski definition) is 1. The molecule has 1 saturated carbocycles. The first-order valence-corrected chi connectivity index (χ1v) is 9.31. The minimum atomic E-state index is 0.160. The van der Waals surface area contributed by atoms with Crippen molar-refractivity contribution in [3.05, 3.63) is 35.9 Å². The van der Waals surface area contributed by atoms with Crippen LogP contribution in [0.15, 0.2) is 30.3 Å². The van der Waals surface area contributed by atoms with Crippen molar-refractivity contribution in [1.82, 2.24) is 4.90 Å². The molecule has 3 heteroatoms. The zero-order chi connectivity index (χ0) is 16.2. The van der Waals surface area contributed by atoms with Gasteiger partial charge in [0.15, 0.2) is 0 Å². The topological polar surface area (TPSA) is 46.3 Å². The first kappa shape index (κ1) is 16.5. The Hall–Kier alpha value is -1.35. The van der Waals surface area contributed by atoms with E-state index in [1.54, 1.807) is 0 Å². The van der Waals surface area contributed by atoms with Gasteiger partial charge in [-0.05, 0) is 44.1 Å². The summed E-state index contributed by atoms with van der Waals surface area (Å²) in [5.74, 6) is 0.990. The fraction of sp³-hybridized carbons (Fsp3) is 0.650. The lowest BCUT2D eigenvalue weighted by atomic mass is 9.83. The molecule has 0 bridgehead atoms. The average molecular weight is 314 g/mol. The zero-order valence-corrected chi connectivity index (χ0v) is 14.3. The van der Waals surface area contributed by atoms with Crippen molar-refractivity contribution >= 4 is 5.91 Å². The molecule has 1 heterocycles. The molecule has 1 aromatic carbocycles. The maximum absolute atomic E-state index is 13.1. The Morgan fingerprint density at radius 3 is 2.70 bits per heavy atom. The highest BCUT2D eigenvalue weighted by atomic mass is 16.2. The van der Waals surface area contributed by atoms with E-state index in [2.05, 4.69) is 42.2 Å². The van der Waals surface area contributed by atoms with E-state index < -0.39 is 0 Å². The summed E-state index contributed by atoms with van der Waals surface area (Å²) in [6.07, 6.45) is 7.45. The summed E-state index contributed by atoms with van der Waals surface area (Å²) in [6, 6.07) is 11.3. The van der Waals surface area contributed by atoms with E-state index in [9.17, 15) is 4.79 Å². The molecule has 1 amide bonds. The van der Waals surface area contributed by atoms with Gasteiger partial charge in [0.25, 0.3) is 0 Å². The van der Waals surface area contributed by atoms with E-state index in [1.165, 1.54) is 5.56 Å². The van der Waals surface area contributed by atoms with Crippen LogP contribution in [0.2, 0.25) is 0 Å². The number of benzene rings is 1. The van der Waals surface area contributed by atoms with Crippen molar-refractivity contribution < 1.29 is 4.79 Å². The standard InChI is InChI=1S/C20H30N2O/c1-2-18(15-8-4-3-5-9-15)19-12-7-13-22(19)20(23)16-10-6-11-17(21)14-16/h3-5,8-9,16-19H,2,6-7,10-14,21H2,1H3. The van der Waals surface area contributed by atoms with Crippen molar-refractivity contribution in [3.63, 3.8) is 0 Å². The lowest BCUT2D eigenvalue weighted by Gasteiger charge is -2.36. The number of rotatable bonds is 4. The average Bonchev–Trinajstić information content (AvgIpc) is 3.05. The van der Waals surface area contributed by atoms with Crippen LogP contribution in [-0.4, -0.2) is 29.4 Å². The lowest BCUT2D eigenvalue weighted by molar-refractivity contribution is -0.138. The maximum atomic E-state index is 13.1. The molecule has 23 heavy (non-hydrogen) atoms. The van der Waals surface area contributed by atoms with Gasteiger partial charge in [0.1, 0.15) is 0 Å². The minimum Gasteiger partial charge on any atom is -0.339 e. The molecule has 1 aliphatic carbocycles. The molecule has 3 nitrogen and oxygen atoms in total. The summed E-state index contributed by atoms with van der Waals surface area (Å²) in [4.78, 5) is 15.3. The molecule has 3 rings (SSSR count). The summed E-state index contributed by atoms with van der Waals surface area (Å²) in [6.45, 7) is 3.17. The van der Waals surface area contributed by atoms with Gasteiger partial charge >= 0.3 is 0 Å². The van der Waals surface area contributed by atoms with Gasteiger partial charge in [-0.2, -0.15) is 0 Å². The summed E-state index contributed by atoms with van der Waals surface area (Å²) >= 11 is 0. The Morgan fingerprint density at radius 1 is 1.22 bits per heavy atom. The molecule has 0 aromatic heterocycles. The number of nitrogens with two attached hydrogens (primary N) is 1. The summed E-state index contributed by atoms with van der Waals surface area (Å²) in [7, 11) is 0. The smallest absolute Gasteiger partial charge is 0.226 e. The van der Waals surface area contributed by atoms with Crippen LogP contribution in [0, 0.1) is 5.92 Å². The van der Waals surface area contributed by atoms with Crippen molar-refractivity contribution in [3.8, 4) is 0 Å². The Bertz CT molecular complexity index is 516. The van der Waals surface area contributed by atoms with Crippen LogP contribution < -0.4 is 5.73 Å². The number of amides is 1. The Morgan fingerprint density at radius 2 is 2.00 bits per heavy atom. The monoisotopic (exact) mass is 314 g/mol. The van der Waals surface area contributed by atoms with Crippen LogP contribution >= 0.6 is 0 Å². The summed E-state index contributed by atoms with van der Waals surface area (Å²) in [5, 5.41) is 0. The van der Waals surface area contributed by atoms with Gasteiger partial charge in [0.2, 0.25) is 5.91 Å². The predicted molar refractivity (Wildman–Crippen MR) is 94.1 cm³/mol. The van der Waals surface area contributed by atoms with E-state index >= 15 is 0 Å². The van der Waals surface area contributed by atoms with Crippen molar-refractivity contribution in [1.29, 1.82) is 0 Å². The van der Waals surface area contributed by atoms with Gasteiger partial charge in [0.05, 0.1) is 0 Å². The number of nitrogens with zero attached hydrogens (tertiary/aromatic N) is 1. The maximum Gasteiger partial charge on any atom is 0.226 e. The normalized spacial score (nSPS) is 29.5. The second-order valence-electron chi connectivity index (χ2n) is 7.29. The van der Waals surface area contributed by atoms with E-state index in [-0.39, 0.29) is 12.0 Å². The van der Waals surface area contributed by atoms with Gasteiger partial charge in [-0.25, -0.2) is 0 Å². The molecule has 2 fully saturated rings. The molecule has 0 radical (unpaired) electrons. The van der Waals surface area contributed by atoms with E-state index in [0.717, 1.165) is 51.5 Å². The van der Waals surface area contributed by atoms with Crippen LogP contribution in [0.1, 0.15) is 63.4 Å². The third-order valence-corrected chi connectivity index (χ3v) is 5.78. The molecule has 126 valence electrons. The largest absolute Gasteiger partial charge is 0.339 e. The van der Waals surface area contributed by atoms with Gasteiger partial charge in [-0.15, -0.1) is 0 Å². The van der Waals surface area contributed by atoms with Crippen LogP contribution in [-0.2, 0) is 4.79 Å². The summed E-state index contributed by atoms with van der Waals surface area (Å²) < 4.78 is 0. The highest BCUT2D eigenvalue weighted by Gasteiger charge is 2.38. The first-order chi connectivity index (χ1) is 11.2. The third kappa shape index (κ3) is 3.60. The molecule has 2 N–H and O–H groups in total. The first-order valence-electron chi connectivity index (χ1n) is 9.31. The quantitative estimate of drug-likeness (QED) is 0.921. The number of carbonyl (C=O) groups is 1. The highest BCUT2D eigenvalue weighted by Crippen LogP contribution is 2.36. The van der Waals surface area contributed by atoms with E-state index in [0.29, 0.717) is 17.9 Å². The number of hydrogen-bond acceptors (Lipinski definition) is 2. The third-order valence-electron chi connectivity index (χ3n) is 5.78. The fourth-order valence-electron chi connectivity index (χ4n) is 4.60. The minimum absolute atomic E-state index is 0.160. The molecule has 4 unspecified atom stereocenters. The van der Waals surface area contributed by atoms with Crippen molar-refractivity contribution in [2.24, 2.45) is 11.7 Å². The van der Waals surface area contributed by atoms with Crippen LogP contribution in [0.25, 0.3) is 0 Å². The van der Waals surface area contributed by atoms with E-state index in [1.807, 2.05) is 0 Å². The fourth-order valence-corrected chi connectivity index (χ4v) is 4.60. The molecule has 1 saturated heterocycles. The Labute approximate surface area is 140 Å². The number of likely N-dealkylation sites (tertiary alicyclic amines) is 1. The zero-order valence-electron chi connectivity index (χ0n) is 14.3. The summed E-state index contributed by atoms with van der Waals surface area (Å²) in [5.41, 5.74) is 7.48. The molecule has 4 atom stereocenters. The predicted octanol–water partition coefficient (Wildman–Crippen LogP) is 3.69. The molecule has 2 aliphatic rings. The second-order valence-corrected chi connectivity index (χ2v) is 7.29. The van der Waals surface area contributed by atoms with E-state index in [4.69, 9.17) is 5.73 Å². The molecule has 1 aromatic rings. The van der Waals surface area contributed by atoms with Crippen molar-refractivity contribution in [2.45, 2.75) is 69.9 Å². The highest BCUT2D eigenvalue weighted by molar-refractivity contribution is 5.79. The molecular formula is C20H30N2O. The van der Waals surface area contributed by atoms with Crippen LogP contribution in [0.4, 0.5) is 0 Å². The Kier molecular flexibility index (Phi) is 5.37. The lowest BCUT2D eigenvalue weighted by Crippen LogP contribution is -2.44. The van der Waals surface area contributed by atoms with Gasteiger partial charge < -0.3 is 10.6 Å². The molecule has 0 spiro atoms. The van der Waals surface area contributed by atoms with Gasteiger partial charge in [0, 0.05) is 30.5 Å². The van der Waals surface area contributed by atoms with Crippen LogP contribution in [0.3, 0.4) is 0 Å². The molecule has 1 aliphatic heterocycles.